The highest BCUT2D eigenvalue weighted by Crippen LogP contribution is 2.13. The Morgan fingerprint density at radius 3 is 2.68 bits per heavy atom. The third-order valence-electron chi connectivity index (χ3n) is 2.76. The van der Waals surface area contributed by atoms with Crippen LogP contribution in [0.5, 0.6) is 0 Å². The van der Waals surface area contributed by atoms with E-state index in [1.54, 1.807) is 0 Å². The van der Waals surface area contributed by atoms with E-state index in [-0.39, 0.29) is 0 Å². The lowest BCUT2D eigenvalue weighted by molar-refractivity contribution is 1.04. The molecule has 3 rings (SSSR count). The Labute approximate surface area is 106 Å². The number of anilines is 1. The molecule has 7 heteroatoms. The number of hydrogen-bond donors (Lipinski definition) is 4. The summed E-state index contributed by atoms with van der Waals surface area (Å²) in [5.74, 6) is 0.413. The zero-order chi connectivity index (χ0) is 13.2. The normalized spacial score (nSPS) is 10.7. The number of aromatic nitrogens is 4. The third-order valence-corrected chi connectivity index (χ3v) is 2.76. The lowest BCUT2D eigenvalue weighted by Crippen LogP contribution is -2.21. The molecular weight excluding hydrogens is 246 g/mol. The quantitative estimate of drug-likeness (QED) is 0.549. The first-order valence-corrected chi connectivity index (χ1v) is 5.72. The topological polar surface area (TPSA) is 106 Å². The van der Waals surface area contributed by atoms with Crippen LogP contribution in [0.3, 0.4) is 0 Å². The Morgan fingerprint density at radius 1 is 1.11 bits per heavy atom. The molecule has 0 amide bonds. The van der Waals surface area contributed by atoms with E-state index in [2.05, 4.69) is 25.5 Å². The van der Waals surface area contributed by atoms with Crippen LogP contribution in [-0.2, 0) is 6.54 Å². The van der Waals surface area contributed by atoms with Crippen LogP contribution in [0.1, 0.15) is 5.56 Å². The van der Waals surface area contributed by atoms with Crippen molar-refractivity contribution in [3.8, 4) is 0 Å². The summed E-state index contributed by atoms with van der Waals surface area (Å²) in [6, 6.07) is 9.73. The maximum atomic E-state index is 11.7. The lowest BCUT2D eigenvalue weighted by atomic mass is 10.2. The van der Waals surface area contributed by atoms with Gasteiger partial charge in [-0.3, -0.25) is 19.9 Å². The molecule has 0 atom stereocenters. The van der Waals surface area contributed by atoms with Gasteiger partial charge in [0.05, 0.1) is 0 Å². The maximum absolute atomic E-state index is 11.7. The SMILES string of the molecule is O=c1[nH]c(=O)c2c(NCc3ccccc3)n[nH]c2[nH]1. The van der Waals surface area contributed by atoms with Gasteiger partial charge in [0.25, 0.3) is 5.56 Å². The van der Waals surface area contributed by atoms with Gasteiger partial charge in [-0.25, -0.2) is 4.79 Å². The number of nitrogens with zero attached hydrogens (tertiary/aromatic N) is 1. The fourth-order valence-corrected chi connectivity index (χ4v) is 1.87. The van der Waals surface area contributed by atoms with Crippen molar-refractivity contribution in [1.29, 1.82) is 0 Å². The van der Waals surface area contributed by atoms with E-state index in [0.717, 1.165) is 5.56 Å². The monoisotopic (exact) mass is 257 g/mol. The zero-order valence-corrected chi connectivity index (χ0v) is 9.86. The lowest BCUT2D eigenvalue weighted by Gasteiger charge is -2.02. The molecule has 7 nitrogen and oxygen atoms in total. The number of H-pyrrole nitrogens is 3. The van der Waals surface area contributed by atoms with Crippen molar-refractivity contribution in [3.63, 3.8) is 0 Å². The highest BCUT2D eigenvalue weighted by Gasteiger charge is 2.10. The summed E-state index contributed by atoms with van der Waals surface area (Å²) in [7, 11) is 0. The molecule has 0 radical (unpaired) electrons. The van der Waals surface area contributed by atoms with Crippen LogP contribution in [0, 0.1) is 0 Å². The number of nitrogens with one attached hydrogen (secondary N) is 4. The van der Waals surface area contributed by atoms with Crippen LogP contribution in [-0.4, -0.2) is 20.2 Å². The Bertz CT molecular complexity index is 815. The molecule has 0 bridgehead atoms. The molecule has 0 aliphatic rings. The molecule has 0 saturated carbocycles. The highest BCUT2D eigenvalue weighted by molar-refractivity contribution is 5.85. The van der Waals surface area contributed by atoms with E-state index in [4.69, 9.17) is 0 Å². The van der Waals surface area contributed by atoms with Gasteiger partial charge < -0.3 is 5.32 Å². The minimum absolute atomic E-state index is 0.310. The number of fused-ring (bicyclic) bond motifs is 1. The second-order valence-electron chi connectivity index (χ2n) is 4.07. The van der Waals surface area contributed by atoms with Crippen LogP contribution >= 0.6 is 0 Å². The van der Waals surface area contributed by atoms with E-state index < -0.39 is 11.2 Å². The van der Waals surface area contributed by atoms with Crippen LogP contribution in [0.4, 0.5) is 5.82 Å². The summed E-state index contributed by atoms with van der Waals surface area (Å²) in [4.78, 5) is 27.5. The molecule has 0 aliphatic heterocycles. The molecule has 0 aliphatic carbocycles. The van der Waals surface area contributed by atoms with Gasteiger partial charge in [-0.1, -0.05) is 30.3 Å². The number of aromatic amines is 3. The van der Waals surface area contributed by atoms with E-state index in [0.29, 0.717) is 23.4 Å². The van der Waals surface area contributed by atoms with Crippen molar-refractivity contribution in [2.24, 2.45) is 0 Å². The molecule has 2 aromatic heterocycles. The fraction of sp³-hybridized carbons (Fsp3) is 0.0833. The molecular formula is C12H11N5O2. The van der Waals surface area contributed by atoms with E-state index in [1.807, 2.05) is 30.3 Å². The Balaban J connectivity index is 1.94. The van der Waals surface area contributed by atoms with Crippen molar-refractivity contribution in [2.45, 2.75) is 6.54 Å². The minimum atomic E-state index is -0.559. The van der Waals surface area contributed by atoms with Crippen LogP contribution in [0.15, 0.2) is 39.9 Å². The summed E-state index contributed by atoms with van der Waals surface area (Å²) in [6.07, 6.45) is 0. The molecule has 19 heavy (non-hydrogen) atoms. The Morgan fingerprint density at radius 2 is 1.89 bits per heavy atom. The van der Waals surface area contributed by atoms with Crippen LogP contribution in [0.2, 0.25) is 0 Å². The molecule has 4 N–H and O–H groups in total. The van der Waals surface area contributed by atoms with E-state index in [1.165, 1.54) is 0 Å². The molecule has 96 valence electrons. The van der Waals surface area contributed by atoms with Crippen molar-refractivity contribution in [3.05, 3.63) is 56.7 Å². The largest absolute Gasteiger partial charge is 0.364 e. The Kier molecular flexibility index (Phi) is 2.64. The van der Waals surface area contributed by atoms with Crippen LogP contribution < -0.4 is 16.6 Å². The smallest absolute Gasteiger partial charge is 0.327 e. The van der Waals surface area contributed by atoms with Gasteiger partial charge in [0.15, 0.2) is 5.82 Å². The number of rotatable bonds is 3. The minimum Gasteiger partial charge on any atom is -0.364 e. The van der Waals surface area contributed by atoms with Gasteiger partial charge in [0.1, 0.15) is 11.0 Å². The van der Waals surface area contributed by atoms with E-state index >= 15 is 0 Å². The van der Waals surface area contributed by atoms with Gasteiger partial charge >= 0.3 is 5.69 Å². The maximum Gasteiger partial charge on any atom is 0.327 e. The van der Waals surface area contributed by atoms with Gasteiger partial charge in [-0.2, -0.15) is 5.10 Å². The fourth-order valence-electron chi connectivity index (χ4n) is 1.87. The van der Waals surface area contributed by atoms with Gasteiger partial charge in [0.2, 0.25) is 0 Å². The molecule has 1 aromatic carbocycles. The second kappa shape index (κ2) is 4.45. The van der Waals surface area contributed by atoms with Gasteiger partial charge in [-0.15, -0.1) is 0 Å². The third kappa shape index (κ3) is 2.13. The zero-order valence-electron chi connectivity index (χ0n) is 9.86. The average Bonchev–Trinajstić information content (AvgIpc) is 2.81. The van der Waals surface area contributed by atoms with Gasteiger partial charge in [-0.05, 0) is 5.56 Å². The first-order chi connectivity index (χ1) is 9.24. The summed E-state index contributed by atoms with van der Waals surface area (Å²) in [6.45, 7) is 0.541. The first kappa shape index (κ1) is 11.3. The summed E-state index contributed by atoms with van der Waals surface area (Å²) in [5.41, 5.74) is 0.350. The van der Waals surface area contributed by atoms with Crippen molar-refractivity contribution < 1.29 is 0 Å². The molecule has 2 heterocycles. The first-order valence-electron chi connectivity index (χ1n) is 5.72. The van der Waals surface area contributed by atoms with Crippen molar-refractivity contribution in [2.75, 3.05) is 5.32 Å². The standard InChI is InChI=1S/C12H11N5O2/c18-11-8-9(13-6-7-4-2-1-3-5-7)16-17-10(8)14-12(19)15-11/h1-5H,6H2,(H4,13,14,15,16,17,18,19). The van der Waals surface area contributed by atoms with Crippen molar-refractivity contribution >= 4 is 16.9 Å². The van der Waals surface area contributed by atoms with Crippen LogP contribution in [0.25, 0.3) is 11.0 Å². The second-order valence-corrected chi connectivity index (χ2v) is 4.07. The molecule has 0 spiro atoms. The highest BCUT2D eigenvalue weighted by atomic mass is 16.2. The van der Waals surface area contributed by atoms with Gasteiger partial charge in [0, 0.05) is 6.54 Å². The molecule has 0 saturated heterocycles. The number of hydrogen-bond acceptors (Lipinski definition) is 4. The summed E-state index contributed by atoms with van der Waals surface area (Å²) in [5, 5.41) is 9.98. The summed E-state index contributed by atoms with van der Waals surface area (Å²) < 4.78 is 0. The number of benzene rings is 1. The summed E-state index contributed by atoms with van der Waals surface area (Å²) >= 11 is 0. The Hall–Kier alpha value is -2.83. The predicted molar refractivity (Wildman–Crippen MR) is 71.1 cm³/mol. The average molecular weight is 257 g/mol. The predicted octanol–water partition coefficient (Wildman–Crippen LogP) is 0.552. The van der Waals surface area contributed by atoms with Crippen molar-refractivity contribution in [1.82, 2.24) is 20.2 Å². The molecule has 0 fully saturated rings. The van der Waals surface area contributed by atoms with E-state index in [9.17, 15) is 9.59 Å². The molecule has 0 unspecified atom stereocenters. The molecule has 3 aromatic rings.